The molecule has 1 fully saturated rings. The number of likely N-dealkylation sites (tertiary alicyclic amines) is 1. The molecule has 0 spiro atoms. The van der Waals surface area contributed by atoms with E-state index in [-0.39, 0.29) is 0 Å². The summed E-state index contributed by atoms with van der Waals surface area (Å²) in [6.07, 6.45) is 5.41. The third-order valence-electron chi connectivity index (χ3n) is 3.51. The normalized spacial score (nSPS) is 20.2. The molecule has 0 aliphatic carbocycles. The van der Waals surface area contributed by atoms with Gasteiger partial charge >= 0.3 is 5.97 Å². The Labute approximate surface area is 124 Å². The summed E-state index contributed by atoms with van der Waals surface area (Å²) in [4.78, 5) is 17.6. The number of nitrogens with zero attached hydrogens (tertiary/aromatic N) is 2. The molecule has 0 saturated carbocycles. The minimum Gasteiger partial charge on any atom is -0.478 e. The van der Waals surface area contributed by atoms with Crippen LogP contribution in [0.1, 0.15) is 22.6 Å². The van der Waals surface area contributed by atoms with Crippen molar-refractivity contribution in [3.8, 4) is 0 Å². The first-order valence-electron chi connectivity index (χ1n) is 6.93. The third-order valence-corrected chi connectivity index (χ3v) is 4.54. The predicted molar refractivity (Wildman–Crippen MR) is 83.0 cm³/mol. The lowest BCUT2D eigenvalue weighted by Crippen LogP contribution is -2.36. The molecule has 1 unspecified atom stereocenters. The number of carboxylic acid groups (broad SMARTS) is 1. The van der Waals surface area contributed by atoms with Crippen molar-refractivity contribution in [1.82, 2.24) is 9.80 Å². The van der Waals surface area contributed by atoms with E-state index in [1.165, 1.54) is 23.8 Å². The van der Waals surface area contributed by atoms with Gasteiger partial charge in [0.1, 0.15) is 0 Å². The van der Waals surface area contributed by atoms with E-state index in [0.717, 1.165) is 24.5 Å². The van der Waals surface area contributed by atoms with Crippen LogP contribution in [-0.2, 0) is 11.3 Å². The van der Waals surface area contributed by atoms with Crippen molar-refractivity contribution in [2.24, 2.45) is 0 Å². The van der Waals surface area contributed by atoms with Gasteiger partial charge in [-0.25, -0.2) is 4.79 Å². The molecule has 20 heavy (non-hydrogen) atoms. The van der Waals surface area contributed by atoms with Gasteiger partial charge in [-0.3, -0.25) is 4.90 Å². The van der Waals surface area contributed by atoms with Crippen LogP contribution in [-0.4, -0.2) is 54.1 Å². The van der Waals surface area contributed by atoms with Crippen LogP contribution in [0.2, 0.25) is 0 Å². The summed E-state index contributed by atoms with van der Waals surface area (Å²) in [6, 6.07) is 4.75. The second-order valence-corrected chi connectivity index (χ2v) is 6.70. The number of likely N-dealkylation sites (N-methyl/N-ethyl adjacent to an activating group) is 1. The summed E-state index contributed by atoms with van der Waals surface area (Å²) in [6.45, 7) is 3.25. The number of hydrogen-bond acceptors (Lipinski definition) is 4. The summed E-state index contributed by atoms with van der Waals surface area (Å²) < 4.78 is 0. The number of aliphatic carboxylic acids is 1. The van der Waals surface area contributed by atoms with Crippen LogP contribution in [0.3, 0.4) is 0 Å². The molecule has 110 valence electrons. The van der Waals surface area contributed by atoms with E-state index in [1.807, 2.05) is 6.07 Å². The second kappa shape index (κ2) is 7.02. The van der Waals surface area contributed by atoms with Crippen LogP contribution in [0.15, 0.2) is 18.2 Å². The Morgan fingerprint density at radius 3 is 3.05 bits per heavy atom. The number of hydrogen-bond donors (Lipinski definition) is 1. The van der Waals surface area contributed by atoms with Crippen LogP contribution in [0, 0.1) is 0 Å². The maximum Gasteiger partial charge on any atom is 0.328 e. The van der Waals surface area contributed by atoms with E-state index in [9.17, 15) is 4.79 Å². The molecule has 4 nitrogen and oxygen atoms in total. The Morgan fingerprint density at radius 1 is 1.55 bits per heavy atom. The molecule has 0 amide bonds. The van der Waals surface area contributed by atoms with Crippen molar-refractivity contribution in [2.45, 2.75) is 25.4 Å². The van der Waals surface area contributed by atoms with Gasteiger partial charge in [0.2, 0.25) is 0 Å². The molecule has 1 saturated heterocycles. The molecule has 1 N–H and O–H groups in total. The van der Waals surface area contributed by atoms with Gasteiger partial charge < -0.3 is 10.0 Å². The van der Waals surface area contributed by atoms with Gasteiger partial charge in [0.25, 0.3) is 0 Å². The Morgan fingerprint density at radius 2 is 2.35 bits per heavy atom. The van der Waals surface area contributed by atoms with E-state index in [4.69, 9.17) is 5.11 Å². The van der Waals surface area contributed by atoms with E-state index < -0.39 is 5.97 Å². The van der Waals surface area contributed by atoms with Crippen LogP contribution < -0.4 is 0 Å². The molecule has 0 radical (unpaired) electrons. The van der Waals surface area contributed by atoms with Gasteiger partial charge in [0.15, 0.2) is 0 Å². The molecule has 1 aliphatic heterocycles. The zero-order chi connectivity index (χ0) is 14.5. The van der Waals surface area contributed by atoms with E-state index in [1.54, 1.807) is 17.4 Å². The molecule has 0 aromatic carbocycles. The van der Waals surface area contributed by atoms with Gasteiger partial charge in [-0.1, -0.05) is 0 Å². The third kappa shape index (κ3) is 4.44. The highest BCUT2D eigenvalue weighted by Crippen LogP contribution is 2.25. The van der Waals surface area contributed by atoms with Crippen LogP contribution in [0.25, 0.3) is 6.08 Å². The molecule has 2 rings (SSSR count). The molecule has 0 bridgehead atoms. The van der Waals surface area contributed by atoms with Crippen molar-refractivity contribution >= 4 is 23.4 Å². The van der Waals surface area contributed by atoms with Gasteiger partial charge in [0, 0.05) is 35.0 Å². The SMILES string of the molecule is CN(C)CC1CCCN1Cc1ccc(C=CC(=O)O)s1. The van der Waals surface area contributed by atoms with Crippen LogP contribution in [0.5, 0.6) is 0 Å². The quantitative estimate of drug-likeness (QED) is 0.818. The smallest absolute Gasteiger partial charge is 0.328 e. The monoisotopic (exact) mass is 294 g/mol. The van der Waals surface area contributed by atoms with Crippen molar-refractivity contribution in [3.05, 3.63) is 28.0 Å². The standard InChI is InChI=1S/C15H22N2O2S/c1-16(2)10-12-4-3-9-17(12)11-14-6-5-13(20-14)7-8-15(18)19/h5-8,12H,3-4,9-11H2,1-2H3,(H,18,19). The average Bonchev–Trinajstić information content (AvgIpc) is 2.97. The molecule has 1 aromatic rings. The Balaban J connectivity index is 1.94. The first kappa shape index (κ1) is 15.2. The fourth-order valence-electron chi connectivity index (χ4n) is 2.65. The van der Waals surface area contributed by atoms with Gasteiger partial charge in [-0.2, -0.15) is 0 Å². The zero-order valence-corrected chi connectivity index (χ0v) is 12.9. The maximum absolute atomic E-state index is 10.5. The summed E-state index contributed by atoms with van der Waals surface area (Å²) in [5, 5.41) is 8.63. The lowest BCUT2D eigenvalue weighted by molar-refractivity contribution is -0.131. The molecule has 5 heteroatoms. The number of rotatable bonds is 6. The molecular formula is C15H22N2O2S. The summed E-state index contributed by atoms with van der Waals surface area (Å²) in [7, 11) is 4.24. The summed E-state index contributed by atoms with van der Waals surface area (Å²) in [5.74, 6) is -0.898. The highest BCUT2D eigenvalue weighted by atomic mass is 32.1. The topological polar surface area (TPSA) is 43.8 Å². The Bertz CT molecular complexity index is 482. The van der Waals surface area contributed by atoms with Crippen molar-refractivity contribution in [2.75, 3.05) is 27.2 Å². The van der Waals surface area contributed by atoms with Crippen LogP contribution in [0.4, 0.5) is 0 Å². The maximum atomic E-state index is 10.5. The minimum atomic E-state index is -0.898. The number of thiophene rings is 1. The van der Waals surface area contributed by atoms with Crippen molar-refractivity contribution < 1.29 is 9.90 Å². The van der Waals surface area contributed by atoms with Crippen molar-refractivity contribution in [1.29, 1.82) is 0 Å². The largest absolute Gasteiger partial charge is 0.478 e. The molecule has 1 atom stereocenters. The highest BCUT2D eigenvalue weighted by molar-refractivity contribution is 7.12. The van der Waals surface area contributed by atoms with Crippen LogP contribution >= 0.6 is 11.3 Å². The Kier molecular flexibility index (Phi) is 5.34. The fourth-order valence-corrected chi connectivity index (χ4v) is 3.60. The number of carboxylic acids is 1. The van der Waals surface area contributed by atoms with E-state index in [0.29, 0.717) is 6.04 Å². The molecule has 1 aromatic heterocycles. The second-order valence-electron chi connectivity index (χ2n) is 5.50. The highest BCUT2D eigenvalue weighted by Gasteiger charge is 2.25. The molecule has 1 aliphatic rings. The zero-order valence-electron chi connectivity index (χ0n) is 12.1. The first-order valence-corrected chi connectivity index (χ1v) is 7.75. The summed E-state index contributed by atoms with van der Waals surface area (Å²) >= 11 is 1.68. The molecule has 2 heterocycles. The lowest BCUT2D eigenvalue weighted by atomic mass is 10.2. The van der Waals surface area contributed by atoms with E-state index >= 15 is 0 Å². The number of carbonyl (C=O) groups is 1. The predicted octanol–water partition coefficient (Wildman–Crippen LogP) is 2.37. The Hall–Kier alpha value is -1.17. The fraction of sp³-hybridized carbons (Fsp3) is 0.533. The van der Waals surface area contributed by atoms with Crippen molar-refractivity contribution in [3.63, 3.8) is 0 Å². The van der Waals surface area contributed by atoms with Gasteiger partial charge in [-0.15, -0.1) is 11.3 Å². The summed E-state index contributed by atoms with van der Waals surface area (Å²) in [5.41, 5.74) is 0. The van der Waals surface area contributed by atoms with Gasteiger partial charge in [-0.05, 0) is 51.7 Å². The van der Waals surface area contributed by atoms with Gasteiger partial charge in [0.05, 0.1) is 0 Å². The van der Waals surface area contributed by atoms with E-state index in [2.05, 4.69) is 30.0 Å². The minimum absolute atomic E-state index is 0.644. The molecular weight excluding hydrogens is 272 g/mol. The average molecular weight is 294 g/mol. The lowest BCUT2D eigenvalue weighted by Gasteiger charge is -2.26. The first-order chi connectivity index (χ1) is 9.54.